The molecule has 21 heavy (non-hydrogen) atoms. The molecule has 1 atom stereocenters. The van der Waals surface area contributed by atoms with Gasteiger partial charge in [-0.25, -0.2) is 4.98 Å². The van der Waals surface area contributed by atoms with E-state index in [1.54, 1.807) is 18.8 Å². The lowest BCUT2D eigenvalue weighted by Crippen LogP contribution is -2.01. The van der Waals surface area contributed by atoms with Crippen LogP contribution in [0.25, 0.3) is 16.8 Å². The molecular formula is C17H16N2OS. The van der Waals surface area contributed by atoms with Gasteiger partial charge in [0, 0.05) is 29.4 Å². The van der Waals surface area contributed by atoms with Crippen molar-refractivity contribution in [3.05, 3.63) is 72.8 Å². The van der Waals surface area contributed by atoms with Crippen LogP contribution in [0.5, 0.6) is 0 Å². The lowest BCUT2D eigenvalue weighted by molar-refractivity contribution is 0.686. The first-order valence-corrected chi connectivity index (χ1v) is 8.43. The normalized spacial score (nSPS) is 12.2. The molecule has 0 fully saturated rings. The van der Waals surface area contributed by atoms with Gasteiger partial charge >= 0.3 is 0 Å². The Morgan fingerprint density at radius 1 is 1.10 bits per heavy atom. The maximum atomic E-state index is 11.7. The van der Waals surface area contributed by atoms with Gasteiger partial charge in [-0.1, -0.05) is 36.4 Å². The average Bonchev–Trinajstić information content (AvgIpc) is 3.01. The van der Waals surface area contributed by atoms with Crippen molar-refractivity contribution in [1.29, 1.82) is 0 Å². The average molecular weight is 296 g/mol. The zero-order valence-electron chi connectivity index (χ0n) is 11.8. The number of hydrogen-bond acceptors (Lipinski definition) is 2. The molecule has 2 aromatic carbocycles. The summed E-state index contributed by atoms with van der Waals surface area (Å²) in [4.78, 5) is 4.09. The van der Waals surface area contributed by atoms with Crippen molar-refractivity contribution in [1.82, 2.24) is 9.55 Å². The molecule has 1 unspecified atom stereocenters. The molecule has 0 amide bonds. The fourth-order valence-electron chi connectivity index (χ4n) is 2.38. The molecule has 3 aromatic rings. The van der Waals surface area contributed by atoms with E-state index in [2.05, 4.69) is 35.3 Å². The summed E-state index contributed by atoms with van der Waals surface area (Å²) in [6, 6.07) is 16.5. The molecule has 3 nitrogen and oxygen atoms in total. The van der Waals surface area contributed by atoms with E-state index in [0.29, 0.717) is 5.75 Å². The molecule has 1 aromatic heterocycles. The highest BCUT2D eigenvalue weighted by atomic mass is 32.2. The molecule has 0 saturated carbocycles. The van der Waals surface area contributed by atoms with E-state index in [-0.39, 0.29) is 0 Å². The third-order valence-electron chi connectivity index (χ3n) is 3.33. The zero-order chi connectivity index (χ0) is 14.7. The van der Waals surface area contributed by atoms with Gasteiger partial charge in [-0.3, -0.25) is 4.21 Å². The summed E-state index contributed by atoms with van der Waals surface area (Å²) in [6.07, 6.45) is 7.14. The highest BCUT2D eigenvalue weighted by Gasteiger charge is 2.08. The van der Waals surface area contributed by atoms with E-state index in [9.17, 15) is 4.21 Å². The second-order valence-corrected chi connectivity index (χ2v) is 6.33. The standard InChI is InChI=1S/C17H16N2OS/c1-21(20)12-16-11-15(14-5-3-2-4-6-14)7-8-17(16)19-10-9-18-13-19/h2-11,13H,12H2,1H3. The van der Waals surface area contributed by atoms with Gasteiger partial charge in [-0.15, -0.1) is 0 Å². The molecule has 0 saturated heterocycles. The predicted octanol–water partition coefficient (Wildman–Crippen LogP) is 3.42. The predicted molar refractivity (Wildman–Crippen MR) is 86.8 cm³/mol. The Morgan fingerprint density at radius 2 is 1.90 bits per heavy atom. The number of imidazole rings is 1. The van der Waals surface area contributed by atoms with Crippen LogP contribution in [0.4, 0.5) is 0 Å². The van der Waals surface area contributed by atoms with E-state index < -0.39 is 10.8 Å². The van der Waals surface area contributed by atoms with Gasteiger partial charge in [-0.2, -0.15) is 0 Å². The van der Waals surface area contributed by atoms with Crippen LogP contribution >= 0.6 is 0 Å². The smallest absolute Gasteiger partial charge is 0.0991 e. The van der Waals surface area contributed by atoms with E-state index >= 15 is 0 Å². The lowest BCUT2D eigenvalue weighted by Gasteiger charge is -2.12. The second kappa shape index (κ2) is 6.06. The van der Waals surface area contributed by atoms with Gasteiger partial charge in [0.15, 0.2) is 0 Å². The van der Waals surface area contributed by atoms with Crippen LogP contribution in [0, 0.1) is 0 Å². The minimum atomic E-state index is -0.887. The largest absolute Gasteiger partial charge is 0.306 e. The van der Waals surface area contributed by atoms with Crippen molar-refractivity contribution in [2.45, 2.75) is 5.75 Å². The third-order valence-corrected chi connectivity index (χ3v) is 4.05. The first-order valence-electron chi connectivity index (χ1n) is 6.71. The van der Waals surface area contributed by atoms with Crippen LogP contribution in [-0.4, -0.2) is 20.0 Å². The van der Waals surface area contributed by atoms with Crippen LogP contribution in [0.1, 0.15) is 5.56 Å². The number of benzene rings is 2. The Labute approximate surface area is 126 Å². The zero-order valence-corrected chi connectivity index (χ0v) is 12.6. The Bertz CT molecular complexity index is 752. The van der Waals surface area contributed by atoms with Crippen molar-refractivity contribution in [2.24, 2.45) is 0 Å². The van der Waals surface area contributed by atoms with Gasteiger partial charge < -0.3 is 4.57 Å². The molecule has 0 aliphatic rings. The topological polar surface area (TPSA) is 34.9 Å². The van der Waals surface area contributed by atoms with Crippen LogP contribution in [0.3, 0.4) is 0 Å². The molecule has 0 radical (unpaired) electrons. The Kier molecular flexibility index (Phi) is 3.97. The summed E-state index contributed by atoms with van der Waals surface area (Å²) in [5.41, 5.74) is 4.40. The summed E-state index contributed by atoms with van der Waals surface area (Å²) >= 11 is 0. The summed E-state index contributed by atoms with van der Waals surface area (Å²) in [7, 11) is -0.887. The number of hydrogen-bond donors (Lipinski definition) is 0. The number of nitrogens with zero attached hydrogens (tertiary/aromatic N) is 2. The number of rotatable bonds is 4. The summed E-state index contributed by atoms with van der Waals surface area (Å²) in [5.74, 6) is 0.536. The third kappa shape index (κ3) is 3.11. The van der Waals surface area contributed by atoms with Crippen LogP contribution in [0.2, 0.25) is 0 Å². The van der Waals surface area contributed by atoms with Gasteiger partial charge in [0.1, 0.15) is 0 Å². The van der Waals surface area contributed by atoms with Crippen molar-refractivity contribution in [2.75, 3.05) is 6.26 Å². The first kappa shape index (κ1) is 13.8. The SMILES string of the molecule is CS(=O)Cc1cc(-c2ccccc2)ccc1-n1ccnc1. The number of aromatic nitrogens is 2. The van der Waals surface area contributed by atoms with Crippen LogP contribution in [-0.2, 0) is 16.6 Å². The van der Waals surface area contributed by atoms with E-state index in [1.165, 1.54) is 0 Å². The molecule has 3 rings (SSSR count). The molecule has 0 aliphatic heterocycles. The van der Waals surface area contributed by atoms with Crippen molar-refractivity contribution < 1.29 is 4.21 Å². The molecule has 1 heterocycles. The summed E-state index contributed by atoms with van der Waals surface area (Å²) in [5, 5.41) is 0. The summed E-state index contributed by atoms with van der Waals surface area (Å²) in [6.45, 7) is 0. The lowest BCUT2D eigenvalue weighted by atomic mass is 10.0. The van der Waals surface area contributed by atoms with Gasteiger partial charge in [0.25, 0.3) is 0 Å². The minimum Gasteiger partial charge on any atom is -0.306 e. The Morgan fingerprint density at radius 3 is 2.57 bits per heavy atom. The minimum absolute atomic E-state index is 0.536. The highest BCUT2D eigenvalue weighted by molar-refractivity contribution is 7.83. The molecule has 4 heteroatoms. The van der Waals surface area contributed by atoms with E-state index in [4.69, 9.17) is 0 Å². The van der Waals surface area contributed by atoms with Crippen molar-refractivity contribution >= 4 is 10.8 Å². The Balaban J connectivity index is 2.09. The molecule has 106 valence electrons. The quantitative estimate of drug-likeness (QED) is 0.739. The van der Waals surface area contributed by atoms with Crippen LogP contribution < -0.4 is 0 Å². The van der Waals surface area contributed by atoms with Gasteiger partial charge in [-0.05, 0) is 28.8 Å². The molecular weight excluding hydrogens is 280 g/mol. The fourth-order valence-corrected chi connectivity index (χ4v) is 3.05. The fraction of sp³-hybridized carbons (Fsp3) is 0.118. The van der Waals surface area contributed by atoms with Gasteiger partial charge in [0.2, 0.25) is 0 Å². The molecule has 0 bridgehead atoms. The Hall–Kier alpha value is -2.20. The van der Waals surface area contributed by atoms with Crippen molar-refractivity contribution in [3.63, 3.8) is 0 Å². The maximum Gasteiger partial charge on any atom is 0.0991 e. The van der Waals surface area contributed by atoms with Crippen molar-refractivity contribution in [3.8, 4) is 16.8 Å². The van der Waals surface area contributed by atoms with Crippen LogP contribution in [0.15, 0.2) is 67.3 Å². The molecule has 0 spiro atoms. The van der Waals surface area contributed by atoms with E-state index in [1.807, 2.05) is 29.0 Å². The maximum absolute atomic E-state index is 11.7. The monoisotopic (exact) mass is 296 g/mol. The second-order valence-electron chi connectivity index (χ2n) is 4.90. The first-order chi connectivity index (χ1) is 10.2. The molecule has 0 aliphatic carbocycles. The van der Waals surface area contributed by atoms with E-state index in [0.717, 1.165) is 22.4 Å². The van der Waals surface area contributed by atoms with Gasteiger partial charge in [0.05, 0.1) is 17.8 Å². The molecule has 0 N–H and O–H groups in total. The summed E-state index contributed by atoms with van der Waals surface area (Å²) < 4.78 is 13.6. The highest BCUT2D eigenvalue weighted by Crippen LogP contribution is 2.25.